The molecule has 2 rings (SSSR count). The lowest BCUT2D eigenvalue weighted by atomic mass is 10.2. The summed E-state index contributed by atoms with van der Waals surface area (Å²) in [6.07, 6.45) is 0. The average Bonchev–Trinajstić information content (AvgIpc) is 2.65. The SMILES string of the molecule is COc1ccccc1NC(=O)COC(=O)c1ccccc1SCC(C)=O. The summed E-state index contributed by atoms with van der Waals surface area (Å²) in [6, 6.07) is 13.7. The van der Waals surface area contributed by atoms with E-state index in [1.165, 1.54) is 25.8 Å². The molecule has 0 fully saturated rings. The molecule has 0 atom stereocenters. The molecular formula is C19H19NO5S. The summed E-state index contributed by atoms with van der Waals surface area (Å²) in [5.74, 6) is -0.311. The van der Waals surface area contributed by atoms with Crippen molar-refractivity contribution in [3.05, 3.63) is 54.1 Å². The zero-order valence-corrected chi connectivity index (χ0v) is 15.3. The number of esters is 1. The van der Waals surface area contributed by atoms with Crippen molar-refractivity contribution in [3.63, 3.8) is 0 Å². The Bertz CT molecular complexity index is 806. The predicted molar refractivity (Wildman–Crippen MR) is 99.8 cm³/mol. The van der Waals surface area contributed by atoms with Crippen molar-refractivity contribution in [1.82, 2.24) is 0 Å². The van der Waals surface area contributed by atoms with E-state index in [1.54, 1.807) is 48.5 Å². The van der Waals surface area contributed by atoms with Gasteiger partial charge in [-0.05, 0) is 31.2 Å². The predicted octanol–water partition coefficient (Wildman–Crippen LogP) is 3.17. The number of para-hydroxylation sites is 2. The third kappa shape index (κ3) is 5.63. The highest BCUT2D eigenvalue weighted by atomic mass is 32.2. The van der Waals surface area contributed by atoms with Crippen molar-refractivity contribution in [2.24, 2.45) is 0 Å². The van der Waals surface area contributed by atoms with Crippen LogP contribution < -0.4 is 10.1 Å². The summed E-state index contributed by atoms with van der Waals surface area (Å²) < 4.78 is 10.2. The van der Waals surface area contributed by atoms with E-state index in [2.05, 4.69) is 5.32 Å². The minimum Gasteiger partial charge on any atom is -0.495 e. The molecule has 0 aliphatic rings. The van der Waals surface area contributed by atoms with Crippen molar-refractivity contribution in [3.8, 4) is 5.75 Å². The number of thioether (sulfide) groups is 1. The van der Waals surface area contributed by atoms with Crippen LogP contribution in [0.2, 0.25) is 0 Å². The summed E-state index contributed by atoms with van der Waals surface area (Å²) in [5, 5.41) is 2.63. The van der Waals surface area contributed by atoms with Gasteiger partial charge in [-0.25, -0.2) is 4.79 Å². The van der Waals surface area contributed by atoms with Gasteiger partial charge in [-0.1, -0.05) is 24.3 Å². The average molecular weight is 373 g/mol. The first-order valence-corrected chi connectivity index (χ1v) is 8.81. The highest BCUT2D eigenvalue weighted by Gasteiger charge is 2.15. The van der Waals surface area contributed by atoms with Crippen LogP contribution in [-0.2, 0) is 14.3 Å². The van der Waals surface area contributed by atoms with Gasteiger partial charge in [-0.3, -0.25) is 9.59 Å². The number of Topliss-reactive ketones (excluding diaryl/α,β-unsaturated/α-hetero) is 1. The van der Waals surface area contributed by atoms with E-state index in [-0.39, 0.29) is 11.5 Å². The maximum atomic E-state index is 12.3. The van der Waals surface area contributed by atoms with E-state index in [4.69, 9.17) is 9.47 Å². The summed E-state index contributed by atoms with van der Waals surface area (Å²) in [7, 11) is 1.50. The molecule has 2 aromatic rings. The van der Waals surface area contributed by atoms with Crippen LogP contribution in [0.3, 0.4) is 0 Å². The molecule has 0 bridgehead atoms. The van der Waals surface area contributed by atoms with E-state index >= 15 is 0 Å². The first-order chi connectivity index (χ1) is 12.5. The molecule has 136 valence electrons. The first kappa shape index (κ1) is 19.5. The number of methoxy groups -OCH3 is 1. The standard InChI is InChI=1S/C19H19NO5S/c1-13(21)12-26-17-10-6-3-7-14(17)19(23)25-11-18(22)20-15-8-4-5-9-16(15)24-2/h3-10H,11-12H2,1-2H3,(H,20,22). The van der Waals surface area contributed by atoms with Gasteiger partial charge in [0.25, 0.3) is 5.91 Å². The van der Waals surface area contributed by atoms with E-state index in [0.717, 1.165) is 0 Å². The fourth-order valence-electron chi connectivity index (χ4n) is 2.08. The molecule has 0 spiro atoms. The first-order valence-electron chi connectivity index (χ1n) is 7.82. The number of hydrogen-bond acceptors (Lipinski definition) is 6. The number of ether oxygens (including phenoxy) is 2. The number of nitrogens with one attached hydrogen (secondary N) is 1. The molecule has 0 aliphatic heterocycles. The Hall–Kier alpha value is -2.80. The molecule has 26 heavy (non-hydrogen) atoms. The molecule has 2 aromatic carbocycles. The summed E-state index contributed by atoms with van der Waals surface area (Å²) in [4.78, 5) is 36.1. The van der Waals surface area contributed by atoms with E-state index in [1.807, 2.05) is 0 Å². The zero-order chi connectivity index (χ0) is 18.9. The van der Waals surface area contributed by atoms with Crippen molar-refractivity contribution in [2.75, 3.05) is 24.8 Å². The Morgan fingerprint density at radius 2 is 1.73 bits per heavy atom. The normalized spacial score (nSPS) is 10.1. The van der Waals surface area contributed by atoms with Crippen LogP contribution in [0.4, 0.5) is 5.69 Å². The van der Waals surface area contributed by atoms with E-state index in [9.17, 15) is 14.4 Å². The van der Waals surface area contributed by atoms with Crippen molar-refractivity contribution in [2.45, 2.75) is 11.8 Å². The van der Waals surface area contributed by atoms with Crippen LogP contribution in [0.5, 0.6) is 5.75 Å². The maximum Gasteiger partial charge on any atom is 0.339 e. The summed E-state index contributed by atoms with van der Waals surface area (Å²) in [6.45, 7) is 1.05. The van der Waals surface area contributed by atoms with Crippen LogP contribution in [0.25, 0.3) is 0 Å². The monoisotopic (exact) mass is 373 g/mol. The summed E-state index contributed by atoms with van der Waals surface area (Å²) >= 11 is 1.26. The smallest absolute Gasteiger partial charge is 0.339 e. The number of carbonyl (C=O) groups excluding carboxylic acids is 3. The van der Waals surface area contributed by atoms with Crippen LogP contribution in [0, 0.1) is 0 Å². The van der Waals surface area contributed by atoms with Crippen LogP contribution in [-0.4, -0.2) is 37.1 Å². The van der Waals surface area contributed by atoms with Crippen LogP contribution in [0.1, 0.15) is 17.3 Å². The van der Waals surface area contributed by atoms with Gasteiger partial charge < -0.3 is 14.8 Å². The largest absolute Gasteiger partial charge is 0.495 e. The van der Waals surface area contributed by atoms with Crippen molar-refractivity contribution in [1.29, 1.82) is 0 Å². The molecule has 0 aliphatic carbocycles. The minimum atomic E-state index is -0.619. The Balaban J connectivity index is 1.96. The van der Waals surface area contributed by atoms with Gasteiger partial charge in [0.15, 0.2) is 6.61 Å². The van der Waals surface area contributed by atoms with E-state index in [0.29, 0.717) is 21.9 Å². The number of amides is 1. The molecule has 1 N–H and O–H groups in total. The quantitative estimate of drug-likeness (QED) is 0.565. The second-order valence-corrected chi connectivity index (χ2v) is 6.33. The second-order valence-electron chi connectivity index (χ2n) is 5.31. The number of ketones is 1. The van der Waals surface area contributed by atoms with Gasteiger partial charge in [0, 0.05) is 4.90 Å². The molecule has 0 saturated carbocycles. The molecule has 7 heteroatoms. The number of benzene rings is 2. The molecule has 6 nitrogen and oxygen atoms in total. The third-order valence-corrected chi connectivity index (χ3v) is 4.47. The van der Waals surface area contributed by atoms with Gasteiger partial charge >= 0.3 is 5.97 Å². The van der Waals surface area contributed by atoms with Gasteiger partial charge in [-0.15, -0.1) is 11.8 Å². The molecule has 1 amide bonds. The third-order valence-electron chi connectivity index (χ3n) is 3.25. The highest BCUT2D eigenvalue weighted by molar-refractivity contribution is 8.00. The lowest BCUT2D eigenvalue weighted by molar-refractivity contribution is -0.119. The van der Waals surface area contributed by atoms with Gasteiger partial charge in [0.2, 0.25) is 0 Å². The minimum absolute atomic E-state index is 0.00866. The van der Waals surface area contributed by atoms with Crippen molar-refractivity contribution >= 4 is 35.1 Å². The fourth-order valence-corrected chi connectivity index (χ4v) is 2.92. The Morgan fingerprint density at radius 1 is 1.04 bits per heavy atom. The number of rotatable bonds is 8. The second kappa shape index (κ2) is 9.62. The van der Waals surface area contributed by atoms with Gasteiger partial charge in [-0.2, -0.15) is 0 Å². The fraction of sp³-hybridized carbons (Fsp3) is 0.211. The summed E-state index contributed by atoms with van der Waals surface area (Å²) in [5.41, 5.74) is 0.817. The van der Waals surface area contributed by atoms with Gasteiger partial charge in [0.1, 0.15) is 11.5 Å². The Kier molecular flexibility index (Phi) is 7.23. The van der Waals surface area contributed by atoms with E-state index < -0.39 is 18.5 Å². The van der Waals surface area contributed by atoms with Gasteiger partial charge in [0.05, 0.1) is 24.1 Å². The van der Waals surface area contributed by atoms with Crippen LogP contribution >= 0.6 is 11.8 Å². The topological polar surface area (TPSA) is 81.7 Å². The molecule has 0 radical (unpaired) electrons. The molecule has 0 saturated heterocycles. The van der Waals surface area contributed by atoms with Crippen LogP contribution in [0.15, 0.2) is 53.4 Å². The lowest BCUT2D eigenvalue weighted by Gasteiger charge is -2.11. The Labute approximate surface area is 155 Å². The highest BCUT2D eigenvalue weighted by Crippen LogP contribution is 2.24. The molecular weight excluding hydrogens is 354 g/mol. The molecule has 0 heterocycles. The molecule has 0 unspecified atom stereocenters. The zero-order valence-electron chi connectivity index (χ0n) is 14.5. The Morgan fingerprint density at radius 3 is 2.46 bits per heavy atom. The number of anilines is 1. The molecule has 0 aromatic heterocycles. The lowest BCUT2D eigenvalue weighted by Crippen LogP contribution is -2.21. The maximum absolute atomic E-state index is 12.3. The number of carbonyl (C=O) groups is 3. The number of hydrogen-bond donors (Lipinski definition) is 1. The van der Waals surface area contributed by atoms with Crippen molar-refractivity contribution < 1.29 is 23.9 Å².